The number of imidazole rings is 1. The first-order valence-corrected chi connectivity index (χ1v) is 10.7. The van der Waals surface area contributed by atoms with Gasteiger partial charge in [-0.3, -0.25) is 4.79 Å². The largest absolute Gasteiger partial charge is 0.497 e. The third-order valence-electron chi connectivity index (χ3n) is 5.94. The standard InChI is InChI=1S/C24H22FN5O3/c1-33-17-5-7-20-21(10-17)29-22(28-20)18-6-4-14(9-19(18)25)16-11-26-24(27-12-16)30-8-2-3-15(13-30)23(31)32/h4-7,9-12,15H,2-3,8,13H2,1H3,(H,28,29)(H,31,32). The Hall–Kier alpha value is -4.01. The molecule has 4 aromatic rings. The van der Waals surface area contributed by atoms with E-state index in [2.05, 4.69) is 19.9 Å². The molecule has 1 aliphatic rings. The van der Waals surface area contributed by atoms with Gasteiger partial charge < -0.3 is 19.7 Å². The second-order valence-corrected chi connectivity index (χ2v) is 8.06. The van der Waals surface area contributed by atoms with E-state index < -0.39 is 17.7 Å². The summed E-state index contributed by atoms with van der Waals surface area (Å²) in [7, 11) is 1.59. The summed E-state index contributed by atoms with van der Waals surface area (Å²) in [6.07, 6.45) is 4.71. The second kappa shape index (κ2) is 8.50. The minimum atomic E-state index is -0.796. The molecule has 3 heterocycles. The SMILES string of the molecule is COc1ccc2nc(-c3ccc(-c4cnc(N5CCCC(C(=O)O)C5)nc4)cc3F)[nH]c2c1. The number of carboxylic acid groups (broad SMARTS) is 1. The summed E-state index contributed by atoms with van der Waals surface area (Å²) in [5.41, 5.74) is 3.16. The Bertz CT molecular complexity index is 1320. The van der Waals surface area contributed by atoms with Crippen LogP contribution in [0.1, 0.15) is 12.8 Å². The number of aromatic amines is 1. The first kappa shape index (κ1) is 20.9. The number of hydrogen-bond donors (Lipinski definition) is 2. The maximum atomic E-state index is 15.0. The Morgan fingerprint density at radius 3 is 2.73 bits per heavy atom. The molecule has 1 aliphatic heterocycles. The van der Waals surface area contributed by atoms with Crippen molar-refractivity contribution in [3.05, 3.63) is 54.6 Å². The number of nitrogens with zero attached hydrogens (tertiary/aromatic N) is 4. The van der Waals surface area contributed by atoms with Crippen LogP contribution >= 0.6 is 0 Å². The number of aromatic nitrogens is 4. The highest BCUT2D eigenvalue weighted by atomic mass is 19.1. The van der Waals surface area contributed by atoms with Crippen molar-refractivity contribution < 1.29 is 19.0 Å². The molecule has 0 amide bonds. The number of ether oxygens (including phenoxy) is 1. The summed E-state index contributed by atoms with van der Waals surface area (Å²) in [5.74, 6) is -0.00659. The Morgan fingerprint density at radius 2 is 2.00 bits per heavy atom. The minimum absolute atomic E-state index is 0.361. The van der Waals surface area contributed by atoms with Crippen LogP contribution in [0.2, 0.25) is 0 Å². The van der Waals surface area contributed by atoms with Crippen molar-refractivity contribution in [1.82, 2.24) is 19.9 Å². The molecule has 2 aromatic heterocycles. The van der Waals surface area contributed by atoms with E-state index >= 15 is 0 Å². The van der Waals surface area contributed by atoms with E-state index in [9.17, 15) is 14.3 Å². The number of anilines is 1. The third kappa shape index (κ3) is 4.09. The van der Waals surface area contributed by atoms with Crippen LogP contribution in [-0.2, 0) is 4.79 Å². The smallest absolute Gasteiger partial charge is 0.308 e. The number of H-pyrrole nitrogens is 1. The molecule has 9 heteroatoms. The van der Waals surface area contributed by atoms with Gasteiger partial charge in [0.25, 0.3) is 0 Å². The predicted octanol–water partition coefficient (Wildman–Crippen LogP) is 4.14. The van der Waals surface area contributed by atoms with Crippen molar-refractivity contribution in [2.45, 2.75) is 12.8 Å². The quantitative estimate of drug-likeness (QED) is 0.474. The fourth-order valence-corrected chi connectivity index (χ4v) is 4.12. The lowest BCUT2D eigenvalue weighted by atomic mass is 9.99. The van der Waals surface area contributed by atoms with Crippen LogP contribution in [0, 0.1) is 11.7 Å². The highest BCUT2D eigenvalue weighted by Gasteiger charge is 2.26. The van der Waals surface area contributed by atoms with Crippen LogP contribution in [0.5, 0.6) is 5.75 Å². The number of piperidine rings is 1. The fourth-order valence-electron chi connectivity index (χ4n) is 4.12. The predicted molar refractivity (Wildman–Crippen MR) is 122 cm³/mol. The van der Waals surface area contributed by atoms with Gasteiger partial charge in [-0.1, -0.05) is 6.07 Å². The van der Waals surface area contributed by atoms with E-state index in [1.165, 1.54) is 6.07 Å². The Balaban J connectivity index is 1.37. The van der Waals surface area contributed by atoms with Crippen LogP contribution in [0.3, 0.4) is 0 Å². The van der Waals surface area contributed by atoms with Crippen molar-refractivity contribution in [2.24, 2.45) is 5.92 Å². The van der Waals surface area contributed by atoms with Crippen LogP contribution in [0.4, 0.5) is 10.3 Å². The van der Waals surface area contributed by atoms with E-state index in [0.29, 0.717) is 47.2 Å². The molecular weight excluding hydrogens is 425 g/mol. The highest BCUT2D eigenvalue weighted by Crippen LogP contribution is 2.29. The monoisotopic (exact) mass is 447 g/mol. The number of fused-ring (bicyclic) bond motifs is 1. The van der Waals surface area contributed by atoms with E-state index in [1.807, 2.05) is 23.1 Å². The molecule has 0 bridgehead atoms. The van der Waals surface area contributed by atoms with Crippen molar-refractivity contribution in [2.75, 3.05) is 25.1 Å². The van der Waals surface area contributed by atoms with E-state index in [4.69, 9.17) is 4.74 Å². The molecule has 2 aromatic carbocycles. The first-order valence-electron chi connectivity index (χ1n) is 10.7. The van der Waals surface area contributed by atoms with Gasteiger partial charge in [-0.2, -0.15) is 0 Å². The molecule has 168 valence electrons. The molecule has 8 nitrogen and oxygen atoms in total. The zero-order valence-electron chi connectivity index (χ0n) is 18.0. The third-order valence-corrected chi connectivity index (χ3v) is 5.94. The lowest BCUT2D eigenvalue weighted by Crippen LogP contribution is -2.39. The number of rotatable bonds is 5. The van der Waals surface area contributed by atoms with Gasteiger partial charge in [-0.15, -0.1) is 0 Å². The van der Waals surface area contributed by atoms with Gasteiger partial charge in [0.05, 0.1) is 29.6 Å². The average molecular weight is 447 g/mol. The maximum absolute atomic E-state index is 15.0. The van der Waals surface area contributed by atoms with Crippen LogP contribution in [-0.4, -0.2) is 51.2 Å². The van der Waals surface area contributed by atoms with Gasteiger partial charge in [-0.05, 0) is 42.7 Å². The lowest BCUT2D eigenvalue weighted by Gasteiger charge is -2.30. The number of hydrogen-bond acceptors (Lipinski definition) is 6. The van der Waals surface area contributed by atoms with Gasteiger partial charge in [0, 0.05) is 37.1 Å². The van der Waals surface area contributed by atoms with Gasteiger partial charge in [0.15, 0.2) is 0 Å². The summed E-state index contributed by atoms with van der Waals surface area (Å²) in [4.78, 5) is 29.6. The zero-order valence-corrected chi connectivity index (χ0v) is 18.0. The first-order chi connectivity index (χ1) is 16.0. The Kier molecular flexibility index (Phi) is 5.37. The van der Waals surface area contributed by atoms with Gasteiger partial charge >= 0.3 is 5.97 Å². The van der Waals surface area contributed by atoms with Crippen molar-refractivity contribution >= 4 is 23.0 Å². The number of nitrogens with one attached hydrogen (secondary N) is 1. The normalized spacial score (nSPS) is 16.2. The lowest BCUT2D eigenvalue weighted by molar-refractivity contribution is -0.141. The molecule has 1 saturated heterocycles. The van der Waals surface area contributed by atoms with Crippen molar-refractivity contribution in [3.63, 3.8) is 0 Å². The van der Waals surface area contributed by atoms with E-state index in [0.717, 1.165) is 24.0 Å². The number of methoxy groups -OCH3 is 1. The topological polar surface area (TPSA) is 104 Å². The zero-order chi connectivity index (χ0) is 22.9. The fraction of sp³-hybridized carbons (Fsp3) is 0.250. The number of carbonyl (C=O) groups is 1. The molecule has 0 spiro atoms. The summed E-state index contributed by atoms with van der Waals surface area (Å²) >= 11 is 0. The molecule has 33 heavy (non-hydrogen) atoms. The number of benzene rings is 2. The maximum Gasteiger partial charge on any atom is 0.308 e. The molecule has 5 rings (SSSR count). The van der Waals surface area contributed by atoms with Gasteiger partial charge in [0.2, 0.25) is 5.95 Å². The number of halogens is 1. The number of aliphatic carboxylic acids is 1. The highest BCUT2D eigenvalue weighted by molar-refractivity contribution is 5.81. The molecule has 0 aliphatic carbocycles. The molecule has 1 atom stereocenters. The molecule has 0 radical (unpaired) electrons. The number of carboxylic acids is 1. The molecule has 2 N–H and O–H groups in total. The summed E-state index contributed by atoms with van der Waals surface area (Å²) in [6.45, 7) is 1.11. The molecular formula is C24H22FN5O3. The van der Waals surface area contributed by atoms with Crippen LogP contribution in [0.25, 0.3) is 33.5 Å². The van der Waals surface area contributed by atoms with Crippen molar-refractivity contribution in [1.29, 1.82) is 0 Å². The average Bonchev–Trinajstić information content (AvgIpc) is 3.27. The van der Waals surface area contributed by atoms with E-state index in [1.54, 1.807) is 31.6 Å². The molecule has 0 saturated carbocycles. The second-order valence-electron chi connectivity index (χ2n) is 8.06. The Morgan fingerprint density at radius 1 is 1.18 bits per heavy atom. The minimum Gasteiger partial charge on any atom is -0.497 e. The van der Waals surface area contributed by atoms with Gasteiger partial charge in [0.1, 0.15) is 17.4 Å². The van der Waals surface area contributed by atoms with Crippen LogP contribution < -0.4 is 9.64 Å². The summed E-state index contributed by atoms with van der Waals surface area (Å²) in [5, 5.41) is 9.28. The summed E-state index contributed by atoms with van der Waals surface area (Å²) in [6, 6.07) is 10.4. The van der Waals surface area contributed by atoms with Gasteiger partial charge in [-0.25, -0.2) is 19.3 Å². The Labute approximate surface area is 189 Å². The molecule has 1 unspecified atom stereocenters. The van der Waals surface area contributed by atoms with E-state index in [-0.39, 0.29) is 0 Å². The summed E-state index contributed by atoms with van der Waals surface area (Å²) < 4.78 is 20.2. The van der Waals surface area contributed by atoms with Crippen molar-refractivity contribution in [3.8, 4) is 28.3 Å². The van der Waals surface area contributed by atoms with Crippen LogP contribution in [0.15, 0.2) is 48.8 Å². The molecule has 1 fully saturated rings.